The molecule has 0 aliphatic carbocycles. The Balaban J connectivity index is 0.00000192. The lowest BCUT2D eigenvalue weighted by molar-refractivity contribution is -0.127. The molecule has 0 aromatic rings. The van der Waals surface area contributed by atoms with Gasteiger partial charge in [0.15, 0.2) is 0 Å². The average Bonchev–Trinajstić information content (AvgIpc) is 3.07. The van der Waals surface area contributed by atoms with Crippen LogP contribution in [-0.4, -0.2) is 85.2 Å². The van der Waals surface area contributed by atoms with E-state index in [1.165, 1.54) is 12.8 Å². The zero-order valence-electron chi connectivity index (χ0n) is 13.9. The number of halogens is 1. The number of nitrogens with one attached hydrogen (secondary N) is 1. The molecule has 3 rings (SSSR count). The number of thioether (sulfide) groups is 1. The normalized spacial score (nSPS) is 29.3. The molecule has 3 heterocycles. The maximum absolute atomic E-state index is 12.3. The Labute approximate surface area is 150 Å². The minimum Gasteiger partial charge on any atom is -0.377 e. The second-order valence-corrected chi connectivity index (χ2v) is 7.60. The van der Waals surface area contributed by atoms with Crippen LogP contribution in [0.25, 0.3) is 0 Å². The highest BCUT2D eigenvalue weighted by Gasteiger charge is 2.30. The molecule has 3 aliphatic heterocycles. The Morgan fingerprint density at radius 1 is 1.17 bits per heavy atom. The summed E-state index contributed by atoms with van der Waals surface area (Å²) in [6, 6.07) is 0.581. The maximum Gasteiger partial charge on any atom is 0.232 e. The van der Waals surface area contributed by atoms with E-state index < -0.39 is 0 Å². The Bertz CT molecular complexity index is 363. The number of nitrogens with zero attached hydrogens (tertiary/aromatic N) is 2. The molecule has 1 amide bonds. The average molecular weight is 364 g/mol. The molecule has 2 atom stereocenters. The van der Waals surface area contributed by atoms with Crippen molar-refractivity contribution in [2.75, 3.05) is 57.4 Å². The molecule has 3 fully saturated rings. The smallest absolute Gasteiger partial charge is 0.232 e. The summed E-state index contributed by atoms with van der Waals surface area (Å²) in [6.45, 7) is 7.19. The van der Waals surface area contributed by atoms with Crippen LogP contribution in [0.3, 0.4) is 0 Å². The topological polar surface area (TPSA) is 44.8 Å². The molecule has 0 radical (unpaired) electrons. The molecular formula is C16H30ClN3O2S. The molecule has 0 spiro atoms. The van der Waals surface area contributed by atoms with E-state index in [-0.39, 0.29) is 12.4 Å². The van der Waals surface area contributed by atoms with E-state index in [1.54, 1.807) is 11.8 Å². The fraction of sp³-hybridized carbons (Fsp3) is 0.938. The van der Waals surface area contributed by atoms with Crippen molar-refractivity contribution in [1.29, 1.82) is 0 Å². The maximum atomic E-state index is 12.3. The number of carbonyl (C=O) groups excluding carboxylic acids is 1. The Hall–Kier alpha value is -0.0100. The second kappa shape index (κ2) is 10.1. The van der Waals surface area contributed by atoms with Gasteiger partial charge in [0, 0.05) is 57.7 Å². The van der Waals surface area contributed by atoms with Crippen LogP contribution in [0.1, 0.15) is 25.7 Å². The van der Waals surface area contributed by atoms with Gasteiger partial charge < -0.3 is 15.0 Å². The minimum atomic E-state index is 0. The molecule has 3 aliphatic rings. The Morgan fingerprint density at radius 2 is 2.00 bits per heavy atom. The Morgan fingerprint density at radius 3 is 2.74 bits per heavy atom. The first-order chi connectivity index (χ1) is 10.8. The molecule has 0 bridgehead atoms. The number of ether oxygens (including phenoxy) is 1. The molecule has 2 unspecified atom stereocenters. The standard InChI is InChI=1S/C16H29N3O2S.ClH/c20-16(13-22-12-15-3-1-2-10-21-15)19-7-4-14(11-19)18-8-5-17-6-9-18;/h14-15,17H,1-13H2;1H. The van der Waals surface area contributed by atoms with Gasteiger partial charge in [-0.25, -0.2) is 0 Å². The van der Waals surface area contributed by atoms with Crippen molar-refractivity contribution >= 4 is 30.1 Å². The van der Waals surface area contributed by atoms with Gasteiger partial charge in [-0.2, -0.15) is 0 Å². The summed E-state index contributed by atoms with van der Waals surface area (Å²) in [5.74, 6) is 1.91. The lowest BCUT2D eigenvalue weighted by atomic mass is 10.1. The summed E-state index contributed by atoms with van der Waals surface area (Å²) < 4.78 is 5.72. The highest BCUT2D eigenvalue weighted by Crippen LogP contribution is 2.20. The third kappa shape index (κ3) is 5.78. The molecule has 134 valence electrons. The van der Waals surface area contributed by atoms with Crippen LogP contribution in [0.2, 0.25) is 0 Å². The number of hydrogen-bond acceptors (Lipinski definition) is 5. The SMILES string of the molecule is Cl.O=C(CSCC1CCCCO1)N1CCC(N2CCNCC2)C1. The first-order valence-electron chi connectivity index (χ1n) is 8.75. The first-order valence-corrected chi connectivity index (χ1v) is 9.90. The summed E-state index contributed by atoms with van der Waals surface area (Å²) in [5.41, 5.74) is 0. The van der Waals surface area contributed by atoms with E-state index in [0.29, 0.717) is 23.8 Å². The summed E-state index contributed by atoms with van der Waals surface area (Å²) in [6.07, 6.45) is 5.15. The van der Waals surface area contributed by atoms with E-state index in [1.807, 2.05) is 0 Å². The highest BCUT2D eigenvalue weighted by molar-refractivity contribution is 7.99. The van der Waals surface area contributed by atoms with Crippen molar-refractivity contribution in [3.63, 3.8) is 0 Å². The van der Waals surface area contributed by atoms with Gasteiger partial charge in [0.25, 0.3) is 0 Å². The summed E-state index contributed by atoms with van der Waals surface area (Å²) in [5, 5.41) is 3.39. The number of carbonyl (C=O) groups is 1. The van der Waals surface area contributed by atoms with Crippen LogP contribution in [-0.2, 0) is 9.53 Å². The zero-order valence-corrected chi connectivity index (χ0v) is 15.5. The summed E-state index contributed by atoms with van der Waals surface area (Å²) in [4.78, 5) is 17.0. The van der Waals surface area contributed by atoms with Gasteiger partial charge in [0.2, 0.25) is 5.91 Å². The quantitative estimate of drug-likeness (QED) is 0.795. The summed E-state index contributed by atoms with van der Waals surface area (Å²) >= 11 is 1.75. The van der Waals surface area contributed by atoms with E-state index in [2.05, 4.69) is 15.1 Å². The van der Waals surface area contributed by atoms with Crippen LogP contribution in [0, 0.1) is 0 Å². The molecule has 23 heavy (non-hydrogen) atoms. The molecule has 1 N–H and O–H groups in total. The molecule has 0 aromatic carbocycles. The third-order valence-corrected chi connectivity index (χ3v) is 6.05. The van der Waals surface area contributed by atoms with E-state index in [9.17, 15) is 4.79 Å². The minimum absolute atomic E-state index is 0. The molecule has 7 heteroatoms. The van der Waals surface area contributed by atoms with Crippen molar-refractivity contribution < 1.29 is 9.53 Å². The van der Waals surface area contributed by atoms with Crippen LogP contribution in [0.5, 0.6) is 0 Å². The third-order valence-electron chi connectivity index (χ3n) is 4.99. The van der Waals surface area contributed by atoms with Crippen molar-refractivity contribution in [2.24, 2.45) is 0 Å². The van der Waals surface area contributed by atoms with Crippen molar-refractivity contribution in [3.05, 3.63) is 0 Å². The van der Waals surface area contributed by atoms with Gasteiger partial charge >= 0.3 is 0 Å². The predicted molar refractivity (Wildman–Crippen MR) is 97.6 cm³/mol. The fourth-order valence-electron chi connectivity index (χ4n) is 3.62. The van der Waals surface area contributed by atoms with E-state index >= 15 is 0 Å². The highest BCUT2D eigenvalue weighted by atomic mass is 35.5. The fourth-order valence-corrected chi connectivity index (χ4v) is 4.62. The van der Waals surface area contributed by atoms with Crippen LogP contribution < -0.4 is 5.32 Å². The molecular weight excluding hydrogens is 334 g/mol. The van der Waals surface area contributed by atoms with E-state index in [0.717, 1.165) is 64.5 Å². The lowest BCUT2D eigenvalue weighted by Crippen LogP contribution is -2.49. The summed E-state index contributed by atoms with van der Waals surface area (Å²) in [7, 11) is 0. The van der Waals surface area contributed by atoms with Gasteiger partial charge in [-0.15, -0.1) is 24.2 Å². The molecule has 0 saturated carbocycles. The molecule has 3 saturated heterocycles. The van der Waals surface area contributed by atoms with Crippen molar-refractivity contribution in [3.8, 4) is 0 Å². The molecule has 5 nitrogen and oxygen atoms in total. The van der Waals surface area contributed by atoms with E-state index in [4.69, 9.17) is 4.74 Å². The number of piperazine rings is 1. The van der Waals surface area contributed by atoms with Gasteiger partial charge in [0.05, 0.1) is 11.9 Å². The number of amides is 1. The largest absolute Gasteiger partial charge is 0.377 e. The lowest BCUT2D eigenvalue weighted by Gasteiger charge is -2.32. The van der Waals surface area contributed by atoms with Crippen LogP contribution >= 0.6 is 24.2 Å². The number of rotatable bonds is 5. The second-order valence-electron chi connectivity index (χ2n) is 6.57. The zero-order chi connectivity index (χ0) is 15.2. The monoisotopic (exact) mass is 363 g/mol. The first kappa shape index (κ1) is 19.3. The van der Waals surface area contributed by atoms with Crippen LogP contribution in [0.4, 0.5) is 0 Å². The molecule has 0 aromatic heterocycles. The van der Waals surface area contributed by atoms with Crippen LogP contribution in [0.15, 0.2) is 0 Å². The predicted octanol–water partition coefficient (Wildman–Crippen LogP) is 1.22. The van der Waals surface area contributed by atoms with Gasteiger partial charge in [0.1, 0.15) is 0 Å². The van der Waals surface area contributed by atoms with Gasteiger partial charge in [-0.1, -0.05) is 0 Å². The van der Waals surface area contributed by atoms with Crippen molar-refractivity contribution in [1.82, 2.24) is 15.1 Å². The number of hydrogen-bond donors (Lipinski definition) is 1. The number of likely N-dealkylation sites (tertiary alicyclic amines) is 1. The van der Waals surface area contributed by atoms with Gasteiger partial charge in [-0.3, -0.25) is 9.69 Å². The Kier molecular flexibility index (Phi) is 8.47. The van der Waals surface area contributed by atoms with Crippen molar-refractivity contribution in [2.45, 2.75) is 37.8 Å². The van der Waals surface area contributed by atoms with Gasteiger partial charge in [-0.05, 0) is 25.7 Å².